The van der Waals surface area contributed by atoms with Crippen LogP contribution in [0.2, 0.25) is 0 Å². The summed E-state index contributed by atoms with van der Waals surface area (Å²) in [5, 5.41) is 8.36. The molecule has 0 aliphatic heterocycles. The van der Waals surface area contributed by atoms with Gasteiger partial charge in [0.1, 0.15) is 12.2 Å². The van der Waals surface area contributed by atoms with Crippen LogP contribution >= 0.6 is 0 Å². The fourth-order valence-electron chi connectivity index (χ4n) is 3.08. The van der Waals surface area contributed by atoms with E-state index in [4.69, 9.17) is 4.74 Å². The number of rotatable bonds is 9. The fraction of sp³-hybridized carbons (Fsp3) is 0.500. The molecular weight excluding hydrogens is 356 g/mol. The van der Waals surface area contributed by atoms with Crippen molar-refractivity contribution in [2.75, 3.05) is 5.32 Å². The summed E-state index contributed by atoms with van der Waals surface area (Å²) in [5.74, 6) is 0.814. The molecule has 28 heavy (non-hydrogen) atoms. The van der Waals surface area contributed by atoms with E-state index in [1.54, 1.807) is 12.4 Å². The topological polar surface area (TPSA) is 86.9 Å². The minimum absolute atomic E-state index is 0.0675. The maximum absolute atomic E-state index is 11.8. The third-order valence-corrected chi connectivity index (χ3v) is 4.66. The largest absolute Gasteiger partial charge is 0.462 e. The smallest absolute Gasteiger partial charge is 0.328 e. The number of esters is 1. The van der Waals surface area contributed by atoms with Crippen LogP contribution in [0, 0.1) is 5.92 Å². The van der Waals surface area contributed by atoms with Crippen molar-refractivity contribution in [1.82, 2.24) is 24.3 Å². The molecule has 0 aromatic carbocycles. The molecule has 0 aliphatic rings. The van der Waals surface area contributed by atoms with Crippen LogP contribution in [0.1, 0.15) is 40.5 Å². The number of carbonyl (C=O) groups is 1. The minimum atomic E-state index is -0.318. The number of hydrogen-bond donors (Lipinski definition) is 1. The molecule has 0 amide bonds. The van der Waals surface area contributed by atoms with Crippen molar-refractivity contribution in [3.05, 3.63) is 30.9 Å². The van der Waals surface area contributed by atoms with Gasteiger partial charge in [0, 0.05) is 30.5 Å². The Morgan fingerprint density at radius 2 is 2.04 bits per heavy atom. The Balaban J connectivity index is 1.71. The second kappa shape index (κ2) is 8.86. The molecule has 8 nitrogen and oxygen atoms in total. The minimum Gasteiger partial charge on any atom is -0.462 e. The number of anilines is 2. The molecule has 0 aliphatic carbocycles. The van der Waals surface area contributed by atoms with Crippen molar-refractivity contribution < 1.29 is 9.53 Å². The van der Waals surface area contributed by atoms with E-state index in [0.717, 1.165) is 36.1 Å². The van der Waals surface area contributed by atoms with Gasteiger partial charge in [-0.05, 0) is 25.8 Å². The molecule has 1 N–H and O–H groups in total. The van der Waals surface area contributed by atoms with E-state index < -0.39 is 0 Å². The van der Waals surface area contributed by atoms with Gasteiger partial charge in [0.05, 0.1) is 18.0 Å². The highest BCUT2D eigenvalue weighted by atomic mass is 16.5. The van der Waals surface area contributed by atoms with Crippen molar-refractivity contribution in [2.45, 2.75) is 59.7 Å². The van der Waals surface area contributed by atoms with Gasteiger partial charge in [-0.1, -0.05) is 26.7 Å². The summed E-state index contributed by atoms with van der Waals surface area (Å²) >= 11 is 0. The third-order valence-electron chi connectivity index (χ3n) is 4.66. The zero-order valence-corrected chi connectivity index (χ0v) is 16.9. The van der Waals surface area contributed by atoms with Gasteiger partial charge < -0.3 is 14.6 Å². The SMILES string of the molecule is CCC(CC)Cn1ccc2cnc(Nc3cnn(CC(=O)OC(C)C)c3)nc21. The number of hydrogen-bond acceptors (Lipinski definition) is 6. The Hall–Kier alpha value is -2.90. The van der Waals surface area contributed by atoms with Crippen molar-refractivity contribution in [1.29, 1.82) is 0 Å². The molecule has 0 fully saturated rings. The van der Waals surface area contributed by atoms with Gasteiger partial charge in [0.25, 0.3) is 0 Å². The first kappa shape index (κ1) is 19.9. The number of ether oxygens (including phenoxy) is 1. The second-order valence-corrected chi connectivity index (χ2v) is 7.21. The van der Waals surface area contributed by atoms with Crippen LogP contribution in [-0.4, -0.2) is 36.4 Å². The van der Waals surface area contributed by atoms with Crippen LogP contribution in [0.25, 0.3) is 11.0 Å². The monoisotopic (exact) mass is 384 g/mol. The predicted octanol–water partition coefficient (Wildman–Crippen LogP) is 3.76. The lowest BCUT2D eigenvalue weighted by Gasteiger charge is -2.14. The molecule has 0 bridgehead atoms. The van der Waals surface area contributed by atoms with Crippen molar-refractivity contribution in [3.63, 3.8) is 0 Å². The van der Waals surface area contributed by atoms with Crippen LogP contribution in [0.15, 0.2) is 30.9 Å². The Morgan fingerprint density at radius 3 is 2.75 bits per heavy atom. The molecule has 3 aromatic rings. The quantitative estimate of drug-likeness (QED) is 0.565. The average molecular weight is 384 g/mol. The van der Waals surface area contributed by atoms with E-state index in [-0.39, 0.29) is 18.6 Å². The summed E-state index contributed by atoms with van der Waals surface area (Å²) in [5.41, 5.74) is 1.63. The first-order chi connectivity index (χ1) is 13.5. The summed E-state index contributed by atoms with van der Waals surface area (Å²) in [7, 11) is 0. The number of nitrogens with one attached hydrogen (secondary N) is 1. The Kier molecular flexibility index (Phi) is 6.28. The van der Waals surface area contributed by atoms with Crippen LogP contribution in [0.5, 0.6) is 0 Å². The lowest BCUT2D eigenvalue weighted by Crippen LogP contribution is -2.17. The summed E-state index contributed by atoms with van der Waals surface area (Å²) in [4.78, 5) is 20.8. The van der Waals surface area contributed by atoms with Crippen molar-refractivity contribution in [3.8, 4) is 0 Å². The zero-order valence-electron chi connectivity index (χ0n) is 16.9. The van der Waals surface area contributed by atoms with Crippen LogP contribution in [0.3, 0.4) is 0 Å². The average Bonchev–Trinajstić information content (AvgIpc) is 3.25. The van der Waals surface area contributed by atoms with Gasteiger partial charge in [-0.15, -0.1) is 0 Å². The number of carbonyl (C=O) groups excluding carboxylic acids is 1. The number of fused-ring (bicyclic) bond motifs is 1. The molecular formula is C20H28N6O2. The van der Waals surface area contributed by atoms with Crippen LogP contribution in [0.4, 0.5) is 11.6 Å². The molecule has 0 radical (unpaired) electrons. The lowest BCUT2D eigenvalue weighted by molar-refractivity contribution is -0.148. The highest BCUT2D eigenvalue weighted by Gasteiger charge is 2.11. The zero-order chi connectivity index (χ0) is 20.1. The third kappa shape index (κ3) is 4.88. The molecule has 3 heterocycles. The maximum Gasteiger partial charge on any atom is 0.328 e. The molecule has 150 valence electrons. The Bertz CT molecular complexity index is 926. The van der Waals surface area contributed by atoms with Gasteiger partial charge in [0.2, 0.25) is 5.95 Å². The van der Waals surface area contributed by atoms with Gasteiger partial charge in [-0.2, -0.15) is 10.1 Å². The van der Waals surface area contributed by atoms with E-state index >= 15 is 0 Å². The van der Waals surface area contributed by atoms with Gasteiger partial charge in [0.15, 0.2) is 0 Å². The molecule has 3 rings (SSSR count). The molecule has 8 heteroatoms. The Labute approximate surface area is 164 Å². The number of nitrogens with zero attached hydrogens (tertiary/aromatic N) is 5. The summed E-state index contributed by atoms with van der Waals surface area (Å²) < 4.78 is 8.85. The van der Waals surface area contributed by atoms with Crippen molar-refractivity contribution >= 4 is 28.6 Å². The molecule has 0 atom stereocenters. The van der Waals surface area contributed by atoms with E-state index in [1.165, 1.54) is 4.68 Å². The lowest BCUT2D eigenvalue weighted by atomic mass is 10.0. The first-order valence-corrected chi connectivity index (χ1v) is 9.79. The van der Waals surface area contributed by atoms with Crippen LogP contribution in [-0.2, 0) is 22.6 Å². The summed E-state index contributed by atoms with van der Waals surface area (Å²) in [6.45, 7) is 9.09. The van der Waals surface area contributed by atoms with E-state index in [2.05, 4.69) is 45.0 Å². The summed E-state index contributed by atoms with van der Waals surface area (Å²) in [6, 6.07) is 2.04. The first-order valence-electron chi connectivity index (χ1n) is 9.79. The van der Waals surface area contributed by atoms with Gasteiger partial charge in [-0.25, -0.2) is 4.98 Å². The van der Waals surface area contributed by atoms with E-state index in [1.807, 2.05) is 26.1 Å². The van der Waals surface area contributed by atoms with Crippen molar-refractivity contribution in [2.24, 2.45) is 5.92 Å². The van der Waals surface area contributed by atoms with Gasteiger partial charge >= 0.3 is 5.97 Å². The fourth-order valence-corrected chi connectivity index (χ4v) is 3.08. The molecule has 0 spiro atoms. The maximum atomic E-state index is 11.8. The predicted molar refractivity (Wildman–Crippen MR) is 108 cm³/mol. The number of aromatic nitrogens is 5. The normalized spacial score (nSPS) is 11.5. The molecule has 3 aromatic heterocycles. The van der Waals surface area contributed by atoms with Crippen LogP contribution < -0.4 is 5.32 Å². The Morgan fingerprint density at radius 1 is 1.25 bits per heavy atom. The molecule has 0 unspecified atom stereocenters. The standard InChI is InChI=1S/C20H28N6O2/c1-5-15(6-2)11-25-8-7-16-9-21-20(24-19(16)25)23-17-10-22-26(12-17)13-18(27)28-14(3)4/h7-10,12,14-15H,5-6,11,13H2,1-4H3,(H,21,23,24). The summed E-state index contributed by atoms with van der Waals surface area (Å²) in [6.07, 6.45) is 9.41. The molecule has 0 saturated carbocycles. The van der Waals surface area contributed by atoms with E-state index in [0.29, 0.717) is 11.9 Å². The molecule has 0 saturated heterocycles. The highest BCUT2D eigenvalue weighted by Crippen LogP contribution is 2.20. The van der Waals surface area contributed by atoms with E-state index in [9.17, 15) is 4.79 Å². The highest BCUT2D eigenvalue weighted by molar-refractivity contribution is 5.76. The van der Waals surface area contributed by atoms with Gasteiger partial charge in [-0.3, -0.25) is 9.48 Å². The second-order valence-electron chi connectivity index (χ2n) is 7.21.